The molecule has 0 bridgehead atoms. The largest absolute Gasteiger partial charge is 0.478 e. The molecule has 33 heavy (non-hydrogen) atoms. The Kier molecular flexibility index (Phi) is 5.26. The van der Waals surface area contributed by atoms with Crippen LogP contribution in [0.2, 0.25) is 0 Å². The minimum atomic E-state index is -1.03. The van der Waals surface area contributed by atoms with Crippen LogP contribution in [0.15, 0.2) is 78.9 Å². The van der Waals surface area contributed by atoms with E-state index in [-0.39, 0.29) is 23.3 Å². The van der Waals surface area contributed by atoms with E-state index in [9.17, 15) is 14.3 Å². The fraction of sp³-hybridized carbons (Fsp3) is 0.111. The lowest BCUT2D eigenvalue weighted by Gasteiger charge is -2.17. The minimum absolute atomic E-state index is 0.0789. The van der Waals surface area contributed by atoms with Crippen LogP contribution >= 0.6 is 0 Å². The van der Waals surface area contributed by atoms with E-state index in [2.05, 4.69) is 28.2 Å². The number of aryl methyl sites for hydroxylation is 1. The van der Waals surface area contributed by atoms with Gasteiger partial charge in [-0.1, -0.05) is 54.6 Å². The fourth-order valence-electron chi connectivity index (χ4n) is 4.06. The number of fused-ring (bicyclic) bond motifs is 1. The molecule has 3 aromatic carbocycles. The van der Waals surface area contributed by atoms with Crippen LogP contribution in [0.1, 0.15) is 39.4 Å². The third-order valence-electron chi connectivity index (χ3n) is 5.84. The number of halogens is 1. The summed E-state index contributed by atoms with van der Waals surface area (Å²) in [7, 11) is 0. The van der Waals surface area contributed by atoms with Gasteiger partial charge in [-0.05, 0) is 53.8 Å². The van der Waals surface area contributed by atoms with Crippen LogP contribution in [0.3, 0.4) is 0 Å². The highest BCUT2D eigenvalue weighted by Gasteiger charge is 2.19. The van der Waals surface area contributed by atoms with Crippen molar-refractivity contribution in [2.45, 2.75) is 19.3 Å². The lowest BCUT2D eigenvalue weighted by Crippen LogP contribution is -2.01. The number of imidazole rings is 1. The topological polar surface area (TPSA) is 75.2 Å². The Morgan fingerprint density at radius 1 is 1.15 bits per heavy atom. The number of benzene rings is 3. The summed E-state index contributed by atoms with van der Waals surface area (Å²) in [5.74, 6) is -1.09. The van der Waals surface area contributed by atoms with Crippen LogP contribution in [0, 0.1) is 12.7 Å². The average Bonchev–Trinajstić information content (AvgIpc) is 3.21. The Morgan fingerprint density at radius 3 is 2.70 bits per heavy atom. The number of nitrogens with zero attached hydrogens (tertiary/aromatic N) is 1. The van der Waals surface area contributed by atoms with E-state index in [0.29, 0.717) is 34.3 Å². The average molecular weight is 440 g/mol. The molecule has 1 aromatic heterocycles. The standard InChI is InChI=1S/C27H21FN2O3/c1-16-7-12-20(13-21(16)26(31)32)33-27-29-24-14-22(23(28)15-25(24)30-27)19-10-8-18(9-11-19)17-5-3-2-4-6-17/h2-10,12-15,19H,11H2,1H3,(H,29,30)(H,31,32). The first-order valence-corrected chi connectivity index (χ1v) is 10.6. The highest BCUT2D eigenvalue weighted by Crippen LogP contribution is 2.34. The first-order valence-electron chi connectivity index (χ1n) is 10.6. The number of aromatic amines is 1. The second kappa shape index (κ2) is 8.39. The van der Waals surface area contributed by atoms with Crippen molar-refractivity contribution >= 4 is 22.6 Å². The van der Waals surface area contributed by atoms with Gasteiger partial charge in [-0.3, -0.25) is 0 Å². The molecule has 0 aliphatic heterocycles. The fourth-order valence-corrected chi connectivity index (χ4v) is 4.06. The zero-order valence-corrected chi connectivity index (χ0v) is 17.9. The van der Waals surface area contributed by atoms with Crippen molar-refractivity contribution in [1.82, 2.24) is 9.97 Å². The lowest BCUT2D eigenvalue weighted by molar-refractivity contribution is 0.0695. The third-order valence-corrected chi connectivity index (χ3v) is 5.84. The molecule has 6 heteroatoms. The van der Waals surface area contributed by atoms with Crippen molar-refractivity contribution in [2.24, 2.45) is 0 Å². The smallest absolute Gasteiger partial charge is 0.336 e. The Morgan fingerprint density at radius 2 is 1.97 bits per heavy atom. The normalized spacial score (nSPS) is 15.5. The van der Waals surface area contributed by atoms with Gasteiger partial charge in [0, 0.05) is 12.0 Å². The molecule has 0 fully saturated rings. The van der Waals surface area contributed by atoms with Crippen LogP contribution < -0.4 is 4.74 Å². The molecule has 1 atom stereocenters. The Hall–Kier alpha value is -4.19. The predicted molar refractivity (Wildman–Crippen MR) is 125 cm³/mol. The zero-order chi connectivity index (χ0) is 22.9. The number of hydrogen-bond donors (Lipinski definition) is 2. The van der Waals surface area contributed by atoms with Crippen molar-refractivity contribution in [1.29, 1.82) is 0 Å². The molecule has 1 aliphatic carbocycles. The Bertz CT molecular complexity index is 1420. The van der Waals surface area contributed by atoms with Gasteiger partial charge in [-0.15, -0.1) is 0 Å². The van der Waals surface area contributed by atoms with Gasteiger partial charge in [0.05, 0.1) is 16.6 Å². The predicted octanol–water partition coefficient (Wildman–Crippen LogP) is 6.63. The second-order valence-electron chi connectivity index (χ2n) is 8.04. The molecule has 0 spiro atoms. The summed E-state index contributed by atoms with van der Waals surface area (Å²) < 4.78 is 20.7. The maximum absolute atomic E-state index is 14.9. The number of aromatic nitrogens is 2. The molecule has 4 aromatic rings. The maximum atomic E-state index is 14.9. The van der Waals surface area contributed by atoms with Gasteiger partial charge >= 0.3 is 5.97 Å². The molecule has 0 saturated carbocycles. The SMILES string of the molecule is Cc1ccc(Oc2nc3cc(F)c(C4C=CC(c5ccccc5)=CC4)cc3[nH]2)cc1C(=O)O. The van der Waals surface area contributed by atoms with Crippen LogP contribution in [-0.4, -0.2) is 21.0 Å². The van der Waals surface area contributed by atoms with E-state index in [1.54, 1.807) is 25.1 Å². The number of allylic oxidation sites excluding steroid dienone is 4. The van der Waals surface area contributed by atoms with Crippen LogP contribution in [-0.2, 0) is 0 Å². The van der Waals surface area contributed by atoms with E-state index in [1.165, 1.54) is 12.1 Å². The summed E-state index contributed by atoms with van der Waals surface area (Å²) >= 11 is 0. The monoisotopic (exact) mass is 440 g/mol. The summed E-state index contributed by atoms with van der Waals surface area (Å²) in [5, 5.41) is 9.31. The first-order chi connectivity index (χ1) is 16.0. The molecule has 2 N–H and O–H groups in total. The number of rotatable bonds is 5. The van der Waals surface area contributed by atoms with E-state index in [4.69, 9.17) is 4.74 Å². The third kappa shape index (κ3) is 4.15. The van der Waals surface area contributed by atoms with Crippen LogP contribution in [0.4, 0.5) is 4.39 Å². The van der Waals surface area contributed by atoms with Crippen molar-refractivity contribution in [3.05, 3.63) is 107 Å². The van der Waals surface area contributed by atoms with E-state index in [0.717, 1.165) is 11.1 Å². The molecule has 0 amide bonds. The molecule has 5 rings (SSSR count). The Balaban J connectivity index is 1.39. The van der Waals surface area contributed by atoms with Crippen LogP contribution in [0.25, 0.3) is 16.6 Å². The van der Waals surface area contributed by atoms with Gasteiger partial charge < -0.3 is 14.8 Å². The molecule has 1 heterocycles. The molecule has 164 valence electrons. The highest BCUT2D eigenvalue weighted by atomic mass is 19.1. The molecular formula is C27H21FN2O3. The van der Waals surface area contributed by atoms with Crippen molar-refractivity contribution < 1.29 is 19.0 Å². The number of H-pyrrole nitrogens is 1. The van der Waals surface area contributed by atoms with Crippen LogP contribution in [0.5, 0.6) is 11.8 Å². The van der Waals surface area contributed by atoms with Crippen molar-refractivity contribution in [3.8, 4) is 11.8 Å². The molecule has 0 radical (unpaired) electrons. The van der Waals surface area contributed by atoms with E-state index >= 15 is 0 Å². The number of aromatic carboxylic acids is 1. The molecule has 1 aliphatic rings. The number of carboxylic acids is 1. The Labute approximate surface area is 189 Å². The zero-order valence-electron chi connectivity index (χ0n) is 17.9. The summed E-state index contributed by atoms with van der Waals surface area (Å²) in [6, 6.07) is 18.2. The lowest BCUT2D eigenvalue weighted by atomic mass is 9.88. The quantitative estimate of drug-likeness (QED) is 0.365. The molecular weight excluding hydrogens is 419 g/mol. The number of nitrogens with one attached hydrogen (secondary N) is 1. The van der Waals surface area contributed by atoms with Gasteiger partial charge in [0.25, 0.3) is 6.01 Å². The first kappa shape index (κ1) is 20.7. The van der Waals surface area contributed by atoms with Gasteiger partial charge in [-0.25, -0.2) is 9.18 Å². The number of hydrogen-bond acceptors (Lipinski definition) is 3. The highest BCUT2D eigenvalue weighted by molar-refractivity contribution is 5.89. The van der Waals surface area contributed by atoms with E-state index in [1.807, 2.05) is 30.4 Å². The second-order valence-corrected chi connectivity index (χ2v) is 8.04. The molecule has 1 unspecified atom stereocenters. The van der Waals surface area contributed by atoms with Gasteiger partial charge in [-0.2, -0.15) is 4.98 Å². The van der Waals surface area contributed by atoms with Crippen molar-refractivity contribution in [2.75, 3.05) is 0 Å². The minimum Gasteiger partial charge on any atom is -0.478 e. The molecule has 5 nitrogen and oxygen atoms in total. The summed E-state index contributed by atoms with van der Waals surface area (Å²) in [6.45, 7) is 1.72. The van der Waals surface area contributed by atoms with Gasteiger partial charge in [0.15, 0.2) is 0 Å². The number of carbonyl (C=O) groups is 1. The van der Waals surface area contributed by atoms with Crippen molar-refractivity contribution in [3.63, 3.8) is 0 Å². The summed E-state index contributed by atoms with van der Waals surface area (Å²) in [4.78, 5) is 18.7. The van der Waals surface area contributed by atoms with E-state index < -0.39 is 5.97 Å². The summed E-state index contributed by atoms with van der Waals surface area (Å²) in [5.41, 5.74) is 4.74. The number of carboxylic acid groups (broad SMARTS) is 1. The summed E-state index contributed by atoms with van der Waals surface area (Å²) in [6.07, 6.45) is 6.89. The maximum Gasteiger partial charge on any atom is 0.336 e. The molecule has 0 saturated heterocycles. The van der Waals surface area contributed by atoms with Gasteiger partial charge in [0.2, 0.25) is 0 Å². The number of ether oxygens (including phenoxy) is 1. The van der Waals surface area contributed by atoms with Gasteiger partial charge in [0.1, 0.15) is 11.6 Å².